The summed E-state index contributed by atoms with van der Waals surface area (Å²) in [5.74, 6) is 3.14. The Labute approximate surface area is 254 Å². The quantitative estimate of drug-likeness (QED) is 0.193. The fourth-order valence-electron chi connectivity index (χ4n) is 6.08. The number of aromatic nitrogens is 3. The lowest BCUT2D eigenvalue weighted by molar-refractivity contribution is -0.111. The summed E-state index contributed by atoms with van der Waals surface area (Å²) in [4.78, 5) is 24.3. The number of nitrogens with one attached hydrogen (secondary N) is 1. The summed E-state index contributed by atoms with van der Waals surface area (Å²) in [5.41, 5.74) is 4.47. The van der Waals surface area contributed by atoms with Gasteiger partial charge in [-0.15, -0.1) is 0 Å². The van der Waals surface area contributed by atoms with E-state index in [1.807, 2.05) is 37.4 Å². The molecule has 0 radical (unpaired) electrons. The highest BCUT2D eigenvalue weighted by Gasteiger charge is 2.21. The van der Waals surface area contributed by atoms with Crippen LogP contribution in [0.5, 0.6) is 11.5 Å². The number of benzene rings is 2. The van der Waals surface area contributed by atoms with E-state index in [0.29, 0.717) is 36.0 Å². The highest BCUT2D eigenvalue weighted by Crippen LogP contribution is 2.35. The van der Waals surface area contributed by atoms with Crippen LogP contribution in [0.1, 0.15) is 44.5 Å². The number of fused-ring (bicyclic) bond motifs is 1. The maximum Gasteiger partial charge on any atom is 0.247 e. The molecule has 0 spiro atoms. The van der Waals surface area contributed by atoms with E-state index in [-0.39, 0.29) is 5.91 Å². The van der Waals surface area contributed by atoms with Crippen LogP contribution in [0.15, 0.2) is 67.5 Å². The summed E-state index contributed by atoms with van der Waals surface area (Å²) in [6.07, 6.45) is 9.35. The first-order valence-electron chi connectivity index (χ1n) is 15.2. The number of amides is 1. The van der Waals surface area contributed by atoms with Crippen LogP contribution in [-0.2, 0) is 18.3 Å². The second-order valence-electron chi connectivity index (χ2n) is 11.8. The summed E-state index contributed by atoms with van der Waals surface area (Å²) < 4.78 is 14.1. The first kappa shape index (κ1) is 30.3. The van der Waals surface area contributed by atoms with Crippen molar-refractivity contribution < 1.29 is 14.3 Å². The zero-order chi connectivity index (χ0) is 30.3. The number of ether oxygens (including phenoxy) is 2. The van der Waals surface area contributed by atoms with Gasteiger partial charge in [0.25, 0.3) is 0 Å². The fraction of sp³-hybridized carbons (Fsp3) is 0.400. The third-order valence-corrected chi connectivity index (χ3v) is 8.23. The number of anilines is 1. The van der Waals surface area contributed by atoms with Crippen LogP contribution >= 0.6 is 0 Å². The van der Waals surface area contributed by atoms with Gasteiger partial charge in [0, 0.05) is 60.5 Å². The van der Waals surface area contributed by atoms with Crippen molar-refractivity contribution in [1.29, 1.82) is 0 Å². The molecule has 43 heavy (non-hydrogen) atoms. The Kier molecular flexibility index (Phi) is 9.77. The first-order chi connectivity index (χ1) is 20.8. The molecular formula is C35H43N5O3. The van der Waals surface area contributed by atoms with Gasteiger partial charge >= 0.3 is 0 Å². The number of para-hydroxylation sites is 1. The zero-order valence-corrected chi connectivity index (χ0v) is 25.8. The maximum absolute atomic E-state index is 12.3. The zero-order valence-electron chi connectivity index (χ0n) is 25.8. The number of piperidine rings is 1. The van der Waals surface area contributed by atoms with E-state index in [1.54, 1.807) is 13.3 Å². The second kappa shape index (κ2) is 13.9. The Bertz CT molecular complexity index is 1570. The van der Waals surface area contributed by atoms with Crippen LogP contribution < -0.4 is 14.8 Å². The van der Waals surface area contributed by atoms with Crippen LogP contribution in [0.3, 0.4) is 0 Å². The molecule has 1 saturated heterocycles. The lowest BCUT2D eigenvalue weighted by atomic mass is 9.89. The monoisotopic (exact) mass is 581 g/mol. The predicted molar refractivity (Wildman–Crippen MR) is 173 cm³/mol. The summed E-state index contributed by atoms with van der Waals surface area (Å²) >= 11 is 0. The first-order valence-corrected chi connectivity index (χ1v) is 15.2. The Morgan fingerprint density at radius 2 is 1.95 bits per heavy atom. The number of methoxy groups -OCH3 is 1. The minimum atomic E-state index is -0.303. The normalized spacial score (nSPS) is 14.3. The molecule has 0 bridgehead atoms. The third kappa shape index (κ3) is 7.43. The Balaban J connectivity index is 1.33. The van der Waals surface area contributed by atoms with Crippen molar-refractivity contribution in [1.82, 2.24) is 19.4 Å². The van der Waals surface area contributed by atoms with E-state index in [9.17, 15) is 4.79 Å². The van der Waals surface area contributed by atoms with Crippen molar-refractivity contribution in [2.75, 3.05) is 38.7 Å². The minimum Gasteiger partial charge on any atom is -0.496 e. The van der Waals surface area contributed by atoms with Gasteiger partial charge in [0.05, 0.1) is 18.5 Å². The van der Waals surface area contributed by atoms with Gasteiger partial charge in [0.15, 0.2) is 0 Å². The van der Waals surface area contributed by atoms with Gasteiger partial charge in [-0.25, -0.2) is 9.97 Å². The van der Waals surface area contributed by atoms with Gasteiger partial charge < -0.3 is 19.4 Å². The summed E-state index contributed by atoms with van der Waals surface area (Å²) in [6, 6.07) is 14.0. The molecule has 2 aromatic heterocycles. The van der Waals surface area contributed by atoms with Crippen molar-refractivity contribution in [2.45, 2.75) is 39.5 Å². The van der Waals surface area contributed by atoms with Crippen molar-refractivity contribution in [3.8, 4) is 22.8 Å². The summed E-state index contributed by atoms with van der Waals surface area (Å²) in [7, 11) is 3.68. The number of rotatable bonds is 12. The van der Waals surface area contributed by atoms with Gasteiger partial charge in [0.2, 0.25) is 5.91 Å². The summed E-state index contributed by atoms with van der Waals surface area (Å²) in [6.45, 7) is 11.8. The van der Waals surface area contributed by atoms with E-state index in [1.165, 1.54) is 25.3 Å². The van der Waals surface area contributed by atoms with Crippen molar-refractivity contribution in [2.24, 2.45) is 18.9 Å². The van der Waals surface area contributed by atoms with E-state index in [0.717, 1.165) is 59.2 Å². The van der Waals surface area contributed by atoms with Gasteiger partial charge in [-0.2, -0.15) is 0 Å². The van der Waals surface area contributed by atoms with Gasteiger partial charge in [-0.05, 0) is 68.5 Å². The molecule has 8 heteroatoms. The maximum atomic E-state index is 12.3. The topological polar surface area (TPSA) is 81.5 Å². The molecule has 5 rings (SSSR count). The van der Waals surface area contributed by atoms with Crippen LogP contribution in [0.2, 0.25) is 0 Å². The number of nitrogens with zero attached hydrogens (tertiary/aromatic N) is 4. The minimum absolute atomic E-state index is 0.303. The summed E-state index contributed by atoms with van der Waals surface area (Å²) in [5, 5.41) is 4.06. The van der Waals surface area contributed by atoms with Crippen molar-refractivity contribution >= 4 is 22.5 Å². The van der Waals surface area contributed by atoms with E-state index >= 15 is 0 Å². The average molecular weight is 582 g/mol. The Morgan fingerprint density at radius 1 is 1.16 bits per heavy atom. The SMILES string of the molecule is C=CC(=O)Nc1cc(Cc2nccc(-c3cn(C)c4ccccc34)n2)c(OC)cc1OCCN1CCC(CC(C)C)CC1. The Hall–Kier alpha value is -4.17. The average Bonchev–Trinajstić information content (AvgIpc) is 3.35. The molecule has 1 aliphatic heterocycles. The predicted octanol–water partition coefficient (Wildman–Crippen LogP) is 6.50. The van der Waals surface area contributed by atoms with Gasteiger partial charge in [-0.3, -0.25) is 9.69 Å². The molecule has 1 aliphatic rings. The molecule has 0 unspecified atom stereocenters. The smallest absolute Gasteiger partial charge is 0.247 e. The third-order valence-electron chi connectivity index (χ3n) is 8.23. The van der Waals surface area contributed by atoms with E-state index in [2.05, 4.69) is 58.5 Å². The van der Waals surface area contributed by atoms with Crippen LogP contribution in [0, 0.1) is 11.8 Å². The lowest BCUT2D eigenvalue weighted by Gasteiger charge is -2.32. The molecule has 8 nitrogen and oxygen atoms in total. The van der Waals surface area contributed by atoms with Gasteiger partial charge in [-0.1, -0.05) is 38.6 Å². The molecule has 226 valence electrons. The van der Waals surface area contributed by atoms with Crippen LogP contribution in [-0.4, -0.2) is 58.7 Å². The molecule has 1 N–H and O–H groups in total. The highest BCUT2D eigenvalue weighted by atomic mass is 16.5. The van der Waals surface area contributed by atoms with Crippen LogP contribution in [0.4, 0.5) is 5.69 Å². The van der Waals surface area contributed by atoms with Crippen molar-refractivity contribution in [3.05, 3.63) is 78.9 Å². The number of aryl methyl sites for hydroxylation is 1. The molecule has 1 fully saturated rings. The fourth-order valence-corrected chi connectivity index (χ4v) is 6.08. The number of hydrogen-bond donors (Lipinski definition) is 1. The van der Waals surface area contributed by atoms with Crippen molar-refractivity contribution in [3.63, 3.8) is 0 Å². The molecule has 0 aliphatic carbocycles. The molecule has 3 heterocycles. The molecule has 1 amide bonds. The second-order valence-corrected chi connectivity index (χ2v) is 11.8. The number of carbonyl (C=O) groups excluding carboxylic acids is 1. The van der Waals surface area contributed by atoms with E-state index < -0.39 is 0 Å². The van der Waals surface area contributed by atoms with Gasteiger partial charge in [0.1, 0.15) is 23.9 Å². The molecular weight excluding hydrogens is 538 g/mol. The van der Waals surface area contributed by atoms with Crippen LogP contribution in [0.25, 0.3) is 22.2 Å². The number of likely N-dealkylation sites (tertiary alicyclic amines) is 1. The Morgan fingerprint density at radius 3 is 2.70 bits per heavy atom. The highest BCUT2D eigenvalue weighted by molar-refractivity contribution is 6.00. The molecule has 4 aromatic rings. The molecule has 2 aromatic carbocycles. The largest absolute Gasteiger partial charge is 0.496 e. The molecule has 0 atom stereocenters. The molecule has 0 saturated carbocycles. The van der Waals surface area contributed by atoms with E-state index in [4.69, 9.17) is 14.5 Å². The lowest BCUT2D eigenvalue weighted by Crippen LogP contribution is -2.36. The number of hydrogen-bond acceptors (Lipinski definition) is 6. The number of carbonyl (C=O) groups is 1. The standard InChI is InChI=1S/C35H43N5O3/c1-6-35(41)38-30-20-26(21-34-36-14-11-29(37-34)28-23-39(4)31-10-8-7-9-27(28)31)32(42-5)22-33(30)43-18-17-40-15-12-25(13-16-40)19-24(2)3/h6-11,14,20,22-25H,1,12-13,15-19,21H2,2-5H3,(H,38,41).